The SMILES string of the molecule is O=c1oc2ccccc2cc1N(c1cccc2c1Cc1ccccc1-2)c1cccc2c1Cc1ccccc1-2. The Morgan fingerprint density at radius 2 is 1.05 bits per heavy atom. The van der Waals surface area contributed by atoms with E-state index in [2.05, 4.69) is 89.8 Å². The van der Waals surface area contributed by atoms with Gasteiger partial charge in [0.2, 0.25) is 0 Å². The number of para-hydroxylation sites is 1. The molecule has 1 aromatic heterocycles. The highest BCUT2D eigenvalue weighted by Gasteiger charge is 2.30. The maximum atomic E-state index is 13.6. The van der Waals surface area contributed by atoms with Crippen molar-refractivity contribution in [1.29, 1.82) is 0 Å². The molecule has 0 radical (unpaired) electrons. The monoisotopic (exact) mass is 489 g/mol. The molecular formula is C35H23NO2. The first-order chi connectivity index (χ1) is 18.8. The molecule has 0 N–H and O–H groups in total. The van der Waals surface area contributed by atoms with Gasteiger partial charge in [-0.1, -0.05) is 91.0 Å². The Hall–Kier alpha value is -4.89. The molecule has 8 rings (SSSR count). The predicted octanol–water partition coefficient (Wildman–Crippen LogP) is 8.41. The summed E-state index contributed by atoms with van der Waals surface area (Å²) in [6.07, 6.45) is 1.65. The molecular weight excluding hydrogens is 466 g/mol. The summed E-state index contributed by atoms with van der Waals surface area (Å²) in [4.78, 5) is 15.8. The molecule has 0 bridgehead atoms. The molecule has 0 saturated carbocycles. The second-order valence-electron chi connectivity index (χ2n) is 10.1. The Morgan fingerprint density at radius 3 is 1.68 bits per heavy atom. The molecule has 0 aliphatic heterocycles. The van der Waals surface area contributed by atoms with Gasteiger partial charge in [-0.25, -0.2) is 4.79 Å². The van der Waals surface area contributed by atoms with E-state index in [4.69, 9.17) is 4.42 Å². The first-order valence-electron chi connectivity index (χ1n) is 13.0. The van der Waals surface area contributed by atoms with E-state index in [9.17, 15) is 4.79 Å². The number of hydrogen-bond acceptors (Lipinski definition) is 3. The standard InChI is InChI=1S/C35H23NO2/c37-35-33(21-24-11-3-6-18-34(24)38-35)36(31-16-7-14-27-25-12-4-1-9-22(25)19-29(27)31)32-17-8-15-28-26-13-5-2-10-23(26)20-30(28)32/h1-18,21H,19-20H2. The third kappa shape index (κ3) is 3.05. The number of rotatable bonds is 3. The van der Waals surface area contributed by atoms with Gasteiger partial charge in [-0.05, 0) is 68.8 Å². The predicted molar refractivity (Wildman–Crippen MR) is 154 cm³/mol. The van der Waals surface area contributed by atoms with Gasteiger partial charge < -0.3 is 9.32 Å². The Morgan fingerprint density at radius 1 is 0.526 bits per heavy atom. The summed E-state index contributed by atoms with van der Waals surface area (Å²) in [5.74, 6) is 0. The minimum atomic E-state index is -0.343. The molecule has 0 atom stereocenters. The van der Waals surface area contributed by atoms with Crippen molar-refractivity contribution < 1.29 is 4.42 Å². The zero-order valence-electron chi connectivity index (χ0n) is 20.6. The average molecular weight is 490 g/mol. The third-order valence-corrected chi connectivity index (χ3v) is 8.00. The van der Waals surface area contributed by atoms with E-state index in [-0.39, 0.29) is 5.63 Å². The summed E-state index contributed by atoms with van der Waals surface area (Å²) in [5.41, 5.74) is 12.9. The summed E-state index contributed by atoms with van der Waals surface area (Å²) in [6, 6.07) is 39.7. The lowest BCUT2D eigenvalue weighted by Crippen LogP contribution is -2.20. The number of hydrogen-bond donors (Lipinski definition) is 0. The topological polar surface area (TPSA) is 33.5 Å². The molecule has 3 heteroatoms. The quantitative estimate of drug-likeness (QED) is 0.234. The van der Waals surface area contributed by atoms with Gasteiger partial charge in [0, 0.05) is 18.2 Å². The zero-order valence-corrected chi connectivity index (χ0v) is 20.6. The number of fused-ring (bicyclic) bond motifs is 7. The van der Waals surface area contributed by atoms with Crippen LogP contribution < -0.4 is 10.5 Å². The van der Waals surface area contributed by atoms with Gasteiger partial charge in [-0.2, -0.15) is 0 Å². The minimum absolute atomic E-state index is 0.343. The van der Waals surface area contributed by atoms with E-state index in [1.54, 1.807) is 0 Å². The van der Waals surface area contributed by atoms with E-state index in [1.807, 2.05) is 30.3 Å². The Kier molecular flexibility index (Phi) is 4.50. The second-order valence-corrected chi connectivity index (χ2v) is 10.1. The lowest BCUT2D eigenvalue weighted by Gasteiger charge is -2.28. The highest BCUT2D eigenvalue weighted by Crippen LogP contribution is 2.49. The molecule has 38 heavy (non-hydrogen) atoms. The highest BCUT2D eigenvalue weighted by molar-refractivity contribution is 5.93. The smallest absolute Gasteiger partial charge is 0.360 e. The molecule has 5 aromatic carbocycles. The highest BCUT2D eigenvalue weighted by atomic mass is 16.4. The second kappa shape index (κ2) is 8.06. The van der Waals surface area contributed by atoms with Crippen LogP contribution in [0.2, 0.25) is 0 Å². The molecule has 0 amide bonds. The summed E-state index contributed by atoms with van der Waals surface area (Å²) < 4.78 is 5.88. The molecule has 0 unspecified atom stereocenters. The van der Waals surface area contributed by atoms with Crippen molar-refractivity contribution in [2.75, 3.05) is 4.90 Å². The van der Waals surface area contributed by atoms with Crippen molar-refractivity contribution in [2.45, 2.75) is 12.8 Å². The Labute approximate surface area is 220 Å². The van der Waals surface area contributed by atoms with Crippen LogP contribution in [-0.4, -0.2) is 0 Å². The van der Waals surface area contributed by atoms with Crippen LogP contribution >= 0.6 is 0 Å². The fourth-order valence-corrected chi connectivity index (χ4v) is 6.30. The van der Waals surface area contributed by atoms with Crippen LogP contribution in [0.25, 0.3) is 33.2 Å². The van der Waals surface area contributed by atoms with E-state index < -0.39 is 0 Å². The normalized spacial score (nSPS) is 12.6. The van der Waals surface area contributed by atoms with E-state index in [0.717, 1.165) is 29.6 Å². The van der Waals surface area contributed by atoms with Gasteiger partial charge in [0.05, 0.1) is 11.4 Å². The fourth-order valence-electron chi connectivity index (χ4n) is 6.30. The summed E-state index contributed by atoms with van der Waals surface area (Å²) in [7, 11) is 0. The van der Waals surface area contributed by atoms with Crippen LogP contribution in [0.5, 0.6) is 0 Å². The van der Waals surface area contributed by atoms with E-state index in [1.165, 1.54) is 44.5 Å². The van der Waals surface area contributed by atoms with Gasteiger partial charge >= 0.3 is 5.63 Å². The summed E-state index contributed by atoms with van der Waals surface area (Å²) in [5, 5.41) is 0.902. The largest absolute Gasteiger partial charge is 0.421 e. The number of anilines is 3. The van der Waals surface area contributed by atoms with Crippen molar-refractivity contribution >= 4 is 28.0 Å². The molecule has 1 heterocycles. The average Bonchev–Trinajstić information content (AvgIpc) is 3.53. The summed E-state index contributed by atoms with van der Waals surface area (Å²) in [6.45, 7) is 0. The van der Waals surface area contributed by atoms with Gasteiger partial charge in [-0.15, -0.1) is 0 Å². The van der Waals surface area contributed by atoms with Crippen LogP contribution in [0, 0.1) is 0 Å². The van der Waals surface area contributed by atoms with Crippen molar-refractivity contribution in [3.8, 4) is 22.3 Å². The van der Waals surface area contributed by atoms with Crippen molar-refractivity contribution in [1.82, 2.24) is 0 Å². The number of nitrogens with zero attached hydrogens (tertiary/aromatic N) is 1. The maximum Gasteiger partial charge on any atom is 0.360 e. The van der Waals surface area contributed by atoms with Crippen molar-refractivity contribution in [3.63, 3.8) is 0 Å². The van der Waals surface area contributed by atoms with Gasteiger partial charge in [-0.3, -0.25) is 0 Å². The first-order valence-corrected chi connectivity index (χ1v) is 13.0. The molecule has 6 aromatic rings. The molecule has 0 spiro atoms. The lowest BCUT2D eigenvalue weighted by atomic mass is 10.0. The van der Waals surface area contributed by atoms with Crippen LogP contribution in [0.15, 0.2) is 124 Å². The fraction of sp³-hybridized carbons (Fsp3) is 0.0571. The van der Waals surface area contributed by atoms with Crippen LogP contribution in [0.4, 0.5) is 17.1 Å². The lowest BCUT2D eigenvalue weighted by molar-refractivity contribution is 0.562. The first kappa shape index (κ1) is 21.2. The molecule has 2 aliphatic carbocycles. The summed E-state index contributed by atoms with van der Waals surface area (Å²) >= 11 is 0. The van der Waals surface area contributed by atoms with Gasteiger partial charge in [0.15, 0.2) is 0 Å². The van der Waals surface area contributed by atoms with Gasteiger partial charge in [0.1, 0.15) is 11.3 Å². The van der Waals surface area contributed by atoms with Crippen molar-refractivity contribution in [3.05, 3.63) is 148 Å². The molecule has 180 valence electrons. The molecule has 0 fully saturated rings. The van der Waals surface area contributed by atoms with E-state index >= 15 is 0 Å². The Balaban J connectivity index is 1.42. The molecule has 2 aliphatic rings. The van der Waals surface area contributed by atoms with Crippen LogP contribution in [-0.2, 0) is 12.8 Å². The van der Waals surface area contributed by atoms with Crippen molar-refractivity contribution in [2.24, 2.45) is 0 Å². The Bertz CT molecular complexity index is 1870. The molecule has 3 nitrogen and oxygen atoms in total. The minimum Gasteiger partial charge on any atom is -0.421 e. The van der Waals surface area contributed by atoms with Crippen LogP contribution in [0.1, 0.15) is 22.3 Å². The number of benzene rings is 5. The maximum absolute atomic E-state index is 13.6. The third-order valence-electron chi connectivity index (χ3n) is 8.00. The molecule has 0 saturated heterocycles. The van der Waals surface area contributed by atoms with E-state index in [0.29, 0.717) is 11.3 Å². The van der Waals surface area contributed by atoms with Crippen LogP contribution in [0.3, 0.4) is 0 Å². The zero-order chi connectivity index (χ0) is 25.2. The van der Waals surface area contributed by atoms with Gasteiger partial charge in [0.25, 0.3) is 0 Å².